The van der Waals surface area contributed by atoms with Crippen molar-refractivity contribution in [1.82, 2.24) is 0 Å². The van der Waals surface area contributed by atoms with Crippen molar-refractivity contribution >= 4 is 17.7 Å². The summed E-state index contributed by atoms with van der Waals surface area (Å²) in [6.45, 7) is 7.13. The van der Waals surface area contributed by atoms with E-state index >= 15 is 0 Å². The third-order valence-corrected chi connectivity index (χ3v) is 11.0. The minimum absolute atomic E-state index is 0.0880. The summed E-state index contributed by atoms with van der Waals surface area (Å²) in [7, 11) is 1.62. The summed E-state index contributed by atoms with van der Waals surface area (Å²) in [4.78, 5) is 38.8. The molecule has 0 aliphatic rings. The molecule has 0 amide bonds. The second-order valence-electron chi connectivity index (χ2n) is 16.8. The van der Waals surface area contributed by atoms with Crippen LogP contribution in [0.4, 0.5) is 0 Å². The number of ketones is 1. The van der Waals surface area contributed by atoms with Crippen LogP contribution in [-0.2, 0) is 28.6 Å². The highest BCUT2D eigenvalue weighted by Crippen LogP contribution is 2.28. The Bertz CT molecular complexity index is 950. The third-order valence-electron chi connectivity index (χ3n) is 11.0. The zero-order valence-electron chi connectivity index (χ0n) is 38.1. The average molecular weight is 801 g/mol. The van der Waals surface area contributed by atoms with Gasteiger partial charge in [0.05, 0.1) is 12.0 Å². The largest absolute Gasteiger partial charge is 0.465 e. The zero-order valence-corrected chi connectivity index (χ0v) is 38.1. The van der Waals surface area contributed by atoms with Gasteiger partial charge in [0.15, 0.2) is 0 Å². The van der Waals surface area contributed by atoms with Crippen molar-refractivity contribution in [3.63, 3.8) is 0 Å². The second-order valence-corrected chi connectivity index (χ2v) is 16.8. The first-order valence-electron chi connectivity index (χ1n) is 24.2. The lowest BCUT2D eigenvalue weighted by atomic mass is 9.84. The van der Waals surface area contributed by atoms with E-state index in [1.165, 1.54) is 109 Å². The Kier molecular flexibility index (Phi) is 41.7. The van der Waals surface area contributed by atoms with Gasteiger partial charge in [-0.2, -0.15) is 0 Å². The third kappa shape index (κ3) is 39.0. The summed E-state index contributed by atoms with van der Waals surface area (Å²) in [6, 6.07) is 0. The van der Waals surface area contributed by atoms with Crippen LogP contribution in [0.15, 0.2) is 36.5 Å². The van der Waals surface area contributed by atoms with Crippen molar-refractivity contribution in [2.24, 2.45) is 5.41 Å². The Labute approximate surface area is 353 Å². The molecule has 0 spiro atoms. The maximum atomic E-state index is 13.0. The van der Waals surface area contributed by atoms with Gasteiger partial charge in [0.25, 0.3) is 0 Å². The molecule has 0 bridgehead atoms. The van der Waals surface area contributed by atoms with Crippen molar-refractivity contribution in [2.75, 3.05) is 26.9 Å². The van der Waals surface area contributed by atoms with Gasteiger partial charge in [0.1, 0.15) is 19.0 Å². The summed E-state index contributed by atoms with van der Waals surface area (Å²) in [6.07, 6.45) is 49.4. The van der Waals surface area contributed by atoms with Crippen LogP contribution in [-0.4, -0.2) is 44.7 Å². The van der Waals surface area contributed by atoms with Gasteiger partial charge in [0, 0.05) is 32.8 Å². The first-order chi connectivity index (χ1) is 27.9. The quantitative estimate of drug-likeness (QED) is 0.0347. The van der Waals surface area contributed by atoms with Crippen LogP contribution in [0.5, 0.6) is 0 Å². The molecule has 1 unspecified atom stereocenters. The molecule has 0 N–H and O–H groups in total. The lowest BCUT2D eigenvalue weighted by Crippen LogP contribution is -2.39. The van der Waals surface area contributed by atoms with E-state index < -0.39 is 5.41 Å². The fourth-order valence-electron chi connectivity index (χ4n) is 7.07. The first-order valence-corrected chi connectivity index (χ1v) is 24.2. The van der Waals surface area contributed by atoms with E-state index in [-0.39, 0.29) is 37.5 Å². The Morgan fingerprint density at radius 1 is 0.386 bits per heavy atom. The summed E-state index contributed by atoms with van der Waals surface area (Å²) >= 11 is 0. The highest BCUT2D eigenvalue weighted by Gasteiger charge is 2.34. The van der Waals surface area contributed by atoms with Gasteiger partial charge < -0.3 is 14.2 Å². The second kappa shape index (κ2) is 43.4. The van der Waals surface area contributed by atoms with Gasteiger partial charge in [-0.05, 0) is 89.9 Å². The molecule has 0 radical (unpaired) electrons. The minimum Gasteiger partial charge on any atom is -0.465 e. The molecule has 332 valence electrons. The maximum absolute atomic E-state index is 13.0. The van der Waals surface area contributed by atoms with E-state index in [0.717, 1.165) is 77.0 Å². The molecule has 1 atom stereocenters. The Hall–Kier alpha value is -2.21. The van der Waals surface area contributed by atoms with E-state index in [2.05, 4.69) is 57.2 Å². The van der Waals surface area contributed by atoms with Crippen molar-refractivity contribution in [3.8, 4) is 0 Å². The fourth-order valence-corrected chi connectivity index (χ4v) is 7.07. The van der Waals surface area contributed by atoms with Crippen LogP contribution in [0, 0.1) is 5.41 Å². The molecule has 0 aromatic rings. The summed E-state index contributed by atoms with van der Waals surface area (Å²) in [5, 5.41) is 0. The lowest BCUT2D eigenvalue weighted by molar-refractivity contribution is -0.157. The maximum Gasteiger partial charge on any atom is 0.305 e. The predicted molar refractivity (Wildman–Crippen MR) is 243 cm³/mol. The molecule has 0 aromatic heterocycles. The van der Waals surface area contributed by atoms with Gasteiger partial charge in [-0.1, -0.05) is 160 Å². The summed E-state index contributed by atoms with van der Waals surface area (Å²) in [5.41, 5.74) is -0.742. The highest BCUT2D eigenvalue weighted by atomic mass is 16.6. The monoisotopic (exact) mass is 801 g/mol. The van der Waals surface area contributed by atoms with Gasteiger partial charge >= 0.3 is 11.9 Å². The molecule has 0 aliphatic carbocycles. The van der Waals surface area contributed by atoms with Crippen molar-refractivity contribution in [1.29, 1.82) is 0 Å². The van der Waals surface area contributed by atoms with Crippen LogP contribution in [0.1, 0.15) is 239 Å². The number of methoxy groups -OCH3 is 1. The van der Waals surface area contributed by atoms with Crippen molar-refractivity contribution < 1.29 is 28.6 Å². The lowest BCUT2D eigenvalue weighted by Gasteiger charge is -2.32. The molecule has 0 rings (SSSR count). The smallest absolute Gasteiger partial charge is 0.305 e. The number of allylic oxidation sites excluding steroid dienone is 6. The number of carbonyl (C=O) groups is 3. The molecule has 6 heteroatoms. The molecule has 0 saturated carbocycles. The molecular weight excluding hydrogens is 709 g/mol. The Morgan fingerprint density at radius 3 is 1.11 bits per heavy atom. The van der Waals surface area contributed by atoms with Gasteiger partial charge in [0.2, 0.25) is 0 Å². The minimum atomic E-state index is -0.742. The number of esters is 2. The highest BCUT2D eigenvalue weighted by molar-refractivity contribution is 5.78. The van der Waals surface area contributed by atoms with Gasteiger partial charge in [-0.25, -0.2) is 0 Å². The molecule has 0 fully saturated rings. The van der Waals surface area contributed by atoms with E-state index in [1.54, 1.807) is 7.11 Å². The number of hydrogen-bond donors (Lipinski definition) is 0. The summed E-state index contributed by atoms with van der Waals surface area (Å²) in [5.74, 6) is -0.246. The van der Waals surface area contributed by atoms with Crippen LogP contribution in [0.25, 0.3) is 0 Å². The van der Waals surface area contributed by atoms with Crippen LogP contribution in [0.3, 0.4) is 0 Å². The number of carbonyl (C=O) groups excluding carboxylic acids is 3. The van der Waals surface area contributed by atoms with Gasteiger partial charge in [-0.3, -0.25) is 14.4 Å². The topological polar surface area (TPSA) is 78.9 Å². The zero-order chi connectivity index (χ0) is 41.8. The van der Waals surface area contributed by atoms with E-state index in [1.807, 2.05) is 0 Å². The SMILES string of the molecule is CCCC/C=C\CCCCCCCC(=O)CCC(COC)(COC(=O)CCCCCCC/C=C\CCCC)COC(=O)CCCCCCC/C=C\CCCCCC. The standard InChI is InChI=1S/C51H92O6/c1-5-8-11-14-17-20-23-24-27-30-33-36-39-42-50(54)57-47-51(45-55-4,44-43-48(52)40-37-34-31-28-25-21-18-15-12-9-6-2)46-56-49(53)41-38-35-32-29-26-22-19-16-13-10-7-3/h15-16,18-20,23H,5-14,17,21-22,24-47H2,1-4H3/b18-15-,19-16-,23-20-. The molecule has 0 aromatic carbocycles. The van der Waals surface area contributed by atoms with Crippen molar-refractivity contribution in [3.05, 3.63) is 36.5 Å². The molecule has 0 saturated heterocycles. The van der Waals surface area contributed by atoms with Gasteiger partial charge in [-0.15, -0.1) is 0 Å². The van der Waals surface area contributed by atoms with E-state index in [9.17, 15) is 14.4 Å². The molecule has 6 nitrogen and oxygen atoms in total. The number of Topliss-reactive ketones (excluding diaryl/α,β-unsaturated/α-hetero) is 1. The first kappa shape index (κ1) is 54.8. The number of ether oxygens (including phenoxy) is 3. The van der Waals surface area contributed by atoms with Crippen molar-refractivity contribution in [2.45, 2.75) is 239 Å². The van der Waals surface area contributed by atoms with Crippen LogP contribution in [0.2, 0.25) is 0 Å². The Balaban J connectivity index is 4.78. The number of rotatable bonds is 44. The van der Waals surface area contributed by atoms with Crippen LogP contribution >= 0.6 is 0 Å². The summed E-state index contributed by atoms with van der Waals surface area (Å²) < 4.78 is 17.3. The number of hydrogen-bond acceptors (Lipinski definition) is 6. The predicted octanol–water partition coefficient (Wildman–Crippen LogP) is 15.3. The molecule has 0 aliphatic heterocycles. The fraction of sp³-hybridized carbons (Fsp3) is 0.824. The normalized spacial score (nSPS) is 12.9. The Morgan fingerprint density at radius 2 is 0.719 bits per heavy atom. The van der Waals surface area contributed by atoms with E-state index in [4.69, 9.17) is 14.2 Å². The average Bonchev–Trinajstić information content (AvgIpc) is 3.21. The molecular formula is C51H92O6. The number of unbranched alkanes of at least 4 members (excludes halogenated alkanes) is 23. The van der Waals surface area contributed by atoms with Crippen LogP contribution < -0.4 is 0 Å². The van der Waals surface area contributed by atoms with E-state index in [0.29, 0.717) is 32.1 Å². The molecule has 57 heavy (non-hydrogen) atoms. The molecule has 0 heterocycles.